The number of nitrogens with zero attached hydrogens (tertiary/aromatic N) is 3. The molecule has 27 heavy (non-hydrogen) atoms. The molecule has 5 nitrogen and oxygen atoms in total. The normalized spacial score (nSPS) is 11.1. The summed E-state index contributed by atoms with van der Waals surface area (Å²) in [4.78, 5) is 16.1. The molecule has 0 amide bonds. The molecule has 0 saturated heterocycles. The number of hydrogen-bond donors (Lipinski definition) is 0. The minimum absolute atomic E-state index is 0.385. The van der Waals surface area contributed by atoms with Gasteiger partial charge in [-0.3, -0.25) is 4.68 Å². The van der Waals surface area contributed by atoms with E-state index in [9.17, 15) is 4.79 Å². The van der Waals surface area contributed by atoms with Gasteiger partial charge in [0.05, 0.1) is 12.2 Å². The first-order valence-corrected chi connectivity index (χ1v) is 9.33. The topological polar surface area (TPSA) is 57.0 Å². The molecule has 6 heteroatoms. The third-order valence-corrected chi connectivity index (χ3v) is 4.81. The van der Waals surface area contributed by atoms with E-state index in [2.05, 4.69) is 57.2 Å². The van der Waals surface area contributed by atoms with Crippen LogP contribution in [0.5, 0.6) is 5.75 Å². The van der Waals surface area contributed by atoms with Crippen LogP contribution in [0, 0.1) is 20.8 Å². The monoisotopic (exact) mass is 425 g/mol. The minimum atomic E-state index is -0.464. The molecule has 0 radical (unpaired) electrons. The van der Waals surface area contributed by atoms with Crippen molar-refractivity contribution in [3.05, 3.63) is 81.4 Å². The first-order chi connectivity index (χ1) is 12.9. The second-order valence-electron chi connectivity index (χ2n) is 6.27. The van der Waals surface area contributed by atoms with Crippen LogP contribution in [0.25, 0.3) is 6.08 Å². The van der Waals surface area contributed by atoms with Gasteiger partial charge in [-0.15, -0.1) is 0 Å². The lowest BCUT2D eigenvalue weighted by atomic mass is 10.1. The van der Waals surface area contributed by atoms with Gasteiger partial charge in [-0.2, -0.15) is 5.10 Å². The quantitative estimate of drug-likeness (QED) is 0.339. The molecule has 0 N–H and O–H groups in total. The van der Waals surface area contributed by atoms with Crippen molar-refractivity contribution in [1.82, 2.24) is 14.8 Å². The molecule has 0 aliphatic carbocycles. The van der Waals surface area contributed by atoms with E-state index in [0.717, 1.165) is 17.0 Å². The summed E-state index contributed by atoms with van der Waals surface area (Å²) in [5.74, 6) is -0.0792. The Bertz CT molecular complexity index is 991. The first-order valence-electron chi connectivity index (χ1n) is 8.54. The average Bonchev–Trinajstić information content (AvgIpc) is 2.90. The molecule has 2 aromatic heterocycles. The number of rotatable bonds is 5. The van der Waals surface area contributed by atoms with Crippen LogP contribution < -0.4 is 4.74 Å². The number of aromatic nitrogens is 3. The molecule has 0 fully saturated rings. The van der Waals surface area contributed by atoms with Crippen molar-refractivity contribution in [3.8, 4) is 5.75 Å². The molecule has 0 aliphatic heterocycles. The van der Waals surface area contributed by atoms with Crippen molar-refractivity contribution in [1.29, 1.82) is 0 Å². The number of pyridine rings is 1. The lowest BCUT2D eigenvalue weighted by molar-refractivity contribution is -0.128. The summed E-state index contributed by atoms with van der Waals surface area (Å²) in [5, 5.41) is 4.60. The fraction of sp³-hybridized carbons (Fsp3) is 0.190. The minimum Gasteiger partial charge on any atom is -0.420 e. The Hall–Kier alpha value is -2.73. The Morgan fingerprint density at radius 2 is 1.93 bits per heavy atom. The van der Waals surface area contributed by atoms with Gasteiger partial charge in [-0.25, -0.2) is 9.78 Å². The number of ether oxygens (including phenoxy) is 1. The Morgan fingerprint density at radius 3 is 2.63 bits per heavy atom. The van der Waals surface area contributed by atoms with Crippen molar-refractivity contribution in [2.24, 2.45) is 0 Å². The predicted octanol–water partition coefficient (Wildman–Crippen LogP) is 4.63. The van der Waals surface area contributed by atoms with Gasteiger partial charge in [0.1, 0.15) is 4.60 Å². The van der Waals surface area contributed by atoms with Crippen LogP contribution in [0.15, 0.2) is 53.3 Å². The van der Waals surface area contributed by atoms with E-state index in [1.54, 1.807) is 24.4 Å². The van der Waals surface area contributed by atoms with Gasteiger partial charge >= 0.3 is 5.97 Å². The zero-order valence-electron chi connectivity index (χ0n) is 15.4. The van der Waals surface area contributed by atoms with Crippen molar-refractivity contribution in [3.63, 3.8) is 0 Å². The Labute approximate surface area is 166 Å². The third kappa shape index (κ3) is 4.71. The second kappa shape index (κ2) is 8.31. The second-order valence-corrected chi connectivity index (χ2v) is 7.03. The summed E-state index contributed by atoms with van der Waals surface area (Å²) < 4.78 is 7.74. The van der Waals surface area contributed by atoms with Crippen molar-refractivity contribution < 1.29 is 9.53 Å². The van der Waals surface area contributed by atoms with E-state index >= 15 is 0 Å². The first kappa shape index (κ1) is 19.0. The van der Waals surface area contributed by atoms with Crippen molar-refractivity contribution >= 4 is 28.0 Å². The van der Waals surface area contributed by atoms with E-state index < -0.39 is 5.97 Å². The Kier molecular flexibility index (Phi) is 5.86. The number of hydrogen-bond acceptors (Lipinski definition) is 4. The van der Waals surface area contributed by atoms with Crippen LogP contribution in [-0.4, -0.2) is 20.7 Å². The summed E-state index contributed by atoms with van der Waals surface area (Å²) >= 11 is 3.26. The Morgan fingerprint density at radius 1 is 1.19 bits per heavy atom. The smallest absolute Gasteiger partial charge is 0.336 e. The number of esters is 1. The molecule has 0 atom stereocenters. The van der Waals surface area contributed by atoms with Gasteiger partial charge in [0.15, 0.2) is 5.75 Å². The highest BCUT2D eigenvalue weighted by Gasteiger charge is 2.11. The molecule has 0 aliphatic rings. The maximum Gasteiger partial charge on any atom is 0.336 e. The number of carbonyl (C=O) groups is 1. The highest BCUT2D eigenvalue weighted by atomic mass is 79.9. The molecule has 0 saturated carbocycles. The largest absolute Gasteiger partial charge is 0.420 e. The molecule has 1 aromatic carbocycles. The number of aryl methyl sites for hydroxylation is 2. The fourth-order valence-corrected chi connectivity index (χ4v) is 3.04. The molecular weight excluding hydrogens is 406 g/mol. The summed E-state index contributed by atoms with van der Waals surface area (Å²) in [6.45, 7) is 6.69. The van der Waals surface area contributed by atoms with Crippen LogP contribution in [0.2, 0.25) is 0 Å². The van der Waals surface area contributed by atoms with Crippen molar-refractivity contribution in [2.75, 3.05) is 0 Å². The molecule has 0 unspecified atom stereocenters. The highest BCUT2D eigenvalue weighted by molar-refractivity contribution is 9.10. The van der Waals surface area contributed by atoms with Crippen LogP contribution in [0.3, 0.4) is 0 Å². The van der Waals surface area contributed by atoms with E-state index in [-0.39, 0.29) is 0 Å². The number of carbonyl (C=O) groups excluding carboxylic acids is 1. The number of halogens is 1. The maximum absolute atomic E-state index is 12.1. The standard InChI is InChI=1S/C21H20BrN3O2/c1-14-6-8-17(9-7-14)13-25-16(3)18(15(2)24-25)10-11-20(26)27-19-5-4-12-23-21(19)22/h4-12H,13H2,1-3H3. The van der Waals surface area contributed by atoms with E-state index in [0.29, 0.717) is 16.9 Å². The maximum atomic E-state index is 12.1. The predicted molar refractivity (Wildman–Crippen MR) is 109 cm³/mol. The van der Waals surface area contributed by atoms with Gasteiger partial charge in [-0.05, 0) is 60.5 Å². The lowest BCUT2D eigenvalue weighted by Gasteiger charge is -2.05. The van der Waals surface area contributed by atoms with Crippen molar-refractivity contribution in [2.45, 2.75) is 27.3 Å². The lowest BCUT2D eigenvalue weighted by Crippen LogP contribution is -2.05. The summed E-state index contributed by atoms with van der Waals surface area (Å²) in [7, 11) is 0. The zero-order valence-corrected chi connectivity index (χ0v) is 17.0. The van der Waals surface area contributed by atoms with Gasteiger partial charge in [0.2, 0.25) is 0 Å². The van der Waals surface area contributed by atoms with Crippen LogP contribution in [0.4, 0.5) is 0 Å². The van der Waals surface area contributed by atoms with E-state index in [4.69, 9.17) is 4.74 Å². The molecule has 138 valence electrons. The molecular formula is C21H20BrN3O2. The van der Waals surface area contributed by atoms with E-state index in [1.165, 1.54) is 17.2 Å². The molecule has 2 heterocycles. The summed E-state index contributed by atoms with van der Waals surface area (Å²) in [6, 6.07) is 11.8. The number of benzene rings is 1. The van der Waals surface area contributed by atoms with Gasteiger partial charge in [0.25, 0.3) is 0 Å². The summed E-state index contributed by atoms with van der Waals surface area (Å²) in [6.07, 6.45) is 4.77. The van der Waals surface area contributed by atoms with Gasteiger partial charge < -0.3 is 4.74 Å². The Balaban J connectivity index is 1.74. The molecule has 3 rings (SSSR count). The zero-order chi connectivity index (χ0) is 19.4. The molecule has 0 bridgehead atoms. The third-order valence-electron chi connectivity index (χ3n) is 4.21. The fourth-order valence-electron chi connectivity index (χ4n) is 2.71. The van der Waals surface area contributed by atoms with E-state index in [1.807, 2.05) is 18.5 Å². The molecule has 0 spiro atoms. The van der Waals surface area contributed by atoms with Gasteiger partial charge in [0, 0.05) is 23.5 Å². The van der Waals surface area contributed by atoms with Crippen LogP contribution in [0.1, 0.15) is 28.1 Å². The SMILES string of the molecule is Cc1ccc(Cn2nc(C)c(C=CC(=O)Oc3cccnc3Br)c2C)cc1. The highest BCUT2D eigenvalue weighted by Crippen LogP contribution is 2.22. The van der Waals surface area contributed by atoms with Crippen LogP contribution in [-0.2, 0) is 11.3 Å². The van der Waals surface area contributed by atoms with Crippen LogP contribution >= 0.6 is 15.9 Å². The van der Waals surface area contributed by atoms with Gasteiger partial charge in [-0.1, -0.05) is 29.8 Å². The average molecular weight is 426 g/mol. The molecule has 3 aromatic rings. The summed E-state index contributed by atoms with van der Waals surface area (Å²) in [5.41, 5.74) is 5.20.